The highest BCUT2D eigenvalue weighted by atomic mass is 32.1. The molecule has 0 spiro atoms. The van der Waals surface area contributed by atoms with Crippen molar-refractivity contribution < 1.29 is 13.9 Å². The van der Waals surface area contributed by atoms with Crippen LogP contribution >= 0.6 is 12.8 Å². The number of thiol groups is 1. The smallest absolute Gasteiger partial charge is 0.200 e. The molecule has 20 heavy (non-hydrogen) atoms. The van der Waals surface area contributed by atoms with E-state index in [9.17, 15) is 4.79 Å². The van der Waals surface area contributed by atoms with Gasteiger partial charge in [0.2, 0.25) is 5.78 Å². The first-order valence-corrected chi connectivity index (χ1v) is 7.14. The third kappa shape index (κ3) is 3.55. The maximum Gasteiger partial charge on any atom is 0.200 e. The molecule has 2 rings (SSSR count). The summed E-state index contributed by atoms with van der Waals surface area (Å²) < 4.78 is 14.0. The van der Waals surface area contributed by atoms with Crippen molar-refractivity contribution in [2.75, 3.05) is 13.2 Å². The summed E-state index contributed by atoms with van der Waals surface area (Å²) in [5.41, 5.74) is 0.707. The summed E-state index contributed by atoms with van der Waals surface area (Å²) in [5.74, 6) is 1.14. The van der Waals surface area contributed by atoms with Gasteiger partial charge in [0, 0.05) is 17.8 Å². The van der Waals surface area contributed by atoms with Gasteiger partial charge in [-0.05, 0) is 30.7 Å². The summed E-state index contributed by atoms with van der Waals surface area (Å²) in [4.78, 5) is 11.9. The number of ketones is 1. The Labute approximate surface area is 124 Å². The van der Waals surface area contributed by atoms with Crippen LogP contribution in [0, 0.1) is 5.92 Å². The second-order valence-electron chi connectivity index (χ2n) is 4.94. The minimum atomic E-state index is -0.0694. The van der Waals surface area contributed by atoms with Gasteiger partial charge < -0.3 is 9.15 Å². The number of fused-ring (bicyclic) bond motifs is 1. The van der Waals surface area contributed by atoms with Crippen molar-refractivity contribution in [1.82, 2.24) is 4.72 Å². The molecule has 0 fully saturated rings. The lowest BCUT2D eigenvalue weighted by Crippen LogP contribution is -2.07. The number of Topliss-reactive ketones (excluding diaryl/α,β-unsaturated/α-hetero) is 1. The molecule has 1 aromatic heterocycles. The number of benzene rings is 1. The highest BCUT2D eigenvalue weighted by molar-refractivity contribution is 7.78. The molecule has 1 N–H and O–H groups in total. The number of carbonyl (C=O) groups excluding carboxylic acids is 1. The Morgan fingerprint density at radius 3 is 2.90 bits per heavy atom. The van der Waals surface area contributed by atoms with Crippen LogP contribution < -0.4 is 9.46 Å². The molecule has 0 atom stereocenters. The van der Waals surface area contributed by atoms with Crippen molar-refractivity contribution in [1.29, 1.82) is 0 Å². The Balaban J connectivity index is 2.11. The zero-order valence-corrected chi connectivity index (χ0v) is 12.6. The maximum absolute atomic E-state index is 11.9. The second kappa shape index (κ2) is 6.81. The normalized spacial score (nSPS) is 11.2. The predicted molar refractivity (Wildman–Crippen MR) is 82.5 cm³/mol. The lowest BCUT2D eigenvalue weighted by molar-refractivity contribution is 0.0913. The van der Waals surface area contributed by atoms with Crippen LogP contribution in [0.15, 0.2) is 28.7 Å². The molecule has 0 bridgehead atoms. The zero-order chi connectivity index (χ0) is 14.5. The van der Waals surface area contributed by atoms with Crippen molar-refractivity contribution in [3.05, 3.63) is 30.0 Å². The van der Waals surface area contributed by atoms with E-state index in [0.717, 1.165) is 24.1 Å². The monoisotopic (exact) mass is 293 g/mol. The molecule has 1 aromatic carbocycles. The van der Waals surface area contributed by atoms with Crippen LogP contribution in [-0.4, -0.2) is 18.9 Å². The number of furan rings is 1. The summed E-state index contributed by atoms with van der Waals surface area (Å²) in [6.45, 7) is 5.14. The first-order valence-electron chi connectivity index (χ1n) is 6.69. The summed E-state index contributed by atoms with van der Waals surface area (Å²) in [5, 5.41) is 0.888. The molecule has 0 amide bonds. The summed E-state index contributed by atoms with van der Waals surface area (Å²) in [7, 11) is 0. The van der Waals surface area contributed by atoms with Gasteiger partial charge in [-0.25, -0.2) is 0 Å². The Morgan fingerprint density at radius 2 is 2.20 bits per heavy atom. The van der Waals surface area contributed by atoms with Crippen LogP contribution in [0.25, 0.3) is 11.0 Å². The fraction of sp³-hybridized carbons (Fsp3) is 0.400. The van der Waals surface area contributed by atoms with E-state index in [0.29, 0.717) is 18.0 Å². The minimum absolute atomic E-state index is 0.0171. The van der Waals surface area contributed by atoms with Gasteiger partial charge in [-0.15, -0.1) is 0 Å². The average Bonchev–Trinajstić information content (AvgIpc) is 2.85. The summed E-state index contributed by atoms with van der Waals surface area (Å²) in [6.07, 6.45) is 0.879. The highest BCUT2D eigenvalue weighted by Crippen LogP contribution is 2.25. The standard InChI is InChI=1S/C15H19NO3S/c1-10(2)15(17)14-9-11-8-12(4-5-13(11)19-14)18-7-3-6-16-20/h4-5,8-10,16,20H,3,6-7H2,1-2H3. The van der Waals surface area contributed by atoms with Gasteiger partial charge in [-0.3, -0.25) is 9.52 Å². The molecule has 0 unspecified atom stereocenters. The van der Waals surface area contributed by atoms with Crippen molar-refractivity contribution in [3.63, 3.8) is 0 Å². The first kappa shape index (κ1) is 14.9. The van der Waals surface area contributed by atoms with Crippen LogP contribution in [-0.2, 0) is 0 Å². The van der Waals surface area contributed by atoms with Crippen molar-refractivity contribution >= 4 is 29.6 Å². The first-order chi connectivity index (χ1) is 9.61. The lowest BCUT2D eigenvalue weighted by atomic mass is 10.1. The number of hydrogen-bond donors (Lipinski definition) is 2. The van der Waals surface area contributed by atoms with Crippen LogP contribution in [0.2, 0.25) is 0 Å². The van der Waals surface area contributed by atoms with Crippen molar-refractivity contribution in [3.8, 4) is 5.75 Å². The third-order valence-corrected chi connectivity index (χ3v) is 3.18. The molecular weight excluding hydrogens is 274 g/mol. The number of ether oxygens (including phenoxy) is 1. The molecule has 4 nitrogen and oxygen atoms in total. The molecule has 0 saturated carbocycles. The third-order valence-electron chi connectivity index (χ3n) is 2.96. The molecule has 0 aliphatic rings. The second-order valence-corrected chi connectivity index (χ2v) is 5.26. The number of hydrogen-bond acceptors (Lipinski definition) is 5. The van der Waals surface area contributed by atoms with Crippen LogP contribution in [0.3, 0.4) is 0 Å². The fourth-order valence-electron chi connectivity index (χ4n) is 1.86. The van der Waals surface area contributed by atoms with E-state index in [-0.39, 0.29) is 11.7 Å². The Hall–Kier alpha value is -1.46. The van der Waals surface area contributed by atoms with E-state index in [4.69, 9.17) is 9.15 Å². The van der Waals surface area contributed by atoms with Crippen LogP contribution in [0.1, 0.15) is 30.8 Å². The van der Waals surface area contributed by atoms with E-state index < -0.39 is 0 Å². The number of carbonyl (C=O) groups is 1. The Bertz CT molecular complexity index is 592. The largest absolute Gasteiger partial charge is 0.494 e. The quantitative estimate of drug-likeness (QED) is 0.466. The van der Waals surface area contributed by atoms with Gasteiger partial charge in [0.1, 0.15) is 11.3 Å². The highest BCUT2D eigenvalue weighted by Gasteiger charge is 2.15. The molecule has 0 aliphatic heterocycles. The van der Waals surface area contributed by atoms with Crippen LogP contribution in [0.4, 0.5) is 0 Å². The zero-order valence-electron chi connectivity index (χ0n) is 11.7. The molecule has 2 aromatic rings. The topological polar surface area (TPSA) is 51.5 Å². The van der Waals surface area contributed by atoms with Crippen molar-refractivity contribution in [2.24, 2.45) is 5.92 Å². The van der Waals surface area contributed by atoms with E-state index in [1.807, 2.05) is 32.0 Å². The van der Waals surface area contributed by atoms with Gasteiger partial charge in [-0.1, -0.05) is 26.7 Å². The average molecular weight is 293 g/mol. The molecule has 0 saturated heterocycles. The minimum Gasteiger partial charge on any atom is -0.494 e. The van der Waals surface area contributed by atoms with Gasteiger partial charge in [0.15, 0.2) is 5.76 Å². The molecule has 108 valence electrons. The summed E-state index contributed by atoms with van der Waals surface area (Å²) in [6, 6.07) is 7.35. The van der Waals surface area contributed by atoms with Gasteiger partial charge >= 0.3 is 0 Å². The van der Waals surface area contributed by atoms with Gasteiger partial charge in [0.05, 0.1) is 6.61 Å². The van der Waals surface area contributed by atoms with Gasteiger partial charge in [0.25, 0.3) is 0 Å². The lowest BCUT2D eigenvalue weighted by Gasteiger charge is -2.05. The molecule has 0 radical (unpaired) electrons. The van der Waals surface area contributed by atoms with Crippen LogP contribution in [0.5, 0.6) is 5.75 Å². The van der Waals surface area contributed by atoms with Gasteiger partial charge in [-0.2, -0.15) is 0 Å². The fourth-order valence-corrected chi connectivity index (χ4v) is 2.02. The van der Waals surface area contributed by atoms with E-state index in [1.54, 1.807) is 6.07 Å². The Morgan fingerprint density at radius 1 is 1.40 bits per heavy atom. The predicted octanol–water partition coefficient (Wildman–Crippen LogP) is 3.47. The molecule has 5 heteroatoms. The number of rotatable bonds is 7. The van der Waals surface area contributed by atoms with E-state index in [1.165, 1.54) is 0 Å². The van der Waals surface area contributed by atoms with E-state index >= 15 is 0 Å². The Kier molecular flexibility index (Phi) is 5.09. The molecule has 0 aliphatic carbocycles. The SMILES string of the molecule is CC(C)C(=O)c1cc2cc(OCCCNS)ccc2o1. The number of nitrogens with one attached hydrogen (secondary N) is 1. The van der Waals surface area contributed by atoms with Crippen molar-refractivity contribution in [2.45, 2.75) is 20.3 Å². The maximum atomic E-state index is 11.9. The molecular formula is C15H19NO3S. The van der Waals surface area contributed by atoms with E-state index in [2.05, 4.69) is 17.5 Å². The molecule has 1 heterocycles. The summed E-state index contributed by atoms with van der Waals surface area (Å²) >= 11 is 3.92.